The van der Waals surface area contributed by atoms with Crippen molar-refractivity contribution < 1.29 is 4.42 Å². The molecule has 1 aromatic rings. The van der Waals surface area contributed by atoms with Crippen LogP contribution < -0.4 is 5.32 Å². The first-order valence-electron chi connectivity index (χ1n) is 8.68. The van der Waals surface area contributed by atoms with Gasteiger partial charge in [0.15, 0.2) is 0 Å². The Morgan fingerprint density at radius 2 is 1.90 bits per heavy atom. The minimum atomic E-state index is 0.500. The molecular formula is C18H30N2O. The molecule has 1 saturated heterocycles. The van der Waals surface area contributed by atoms with Crippen molar-refractivity contribution in [3.8, 4) is 0 Å². The quantitative estimate of drug-likeness (QED) is 0.890. The van der Waals surface area contributed by atoms with E-state index in [9.17, 15) is 0 Å². The van der Waals surface area contributed by atoms with Gasteiger partial charge >= 0.3 is 0 Å². The van der Waals surface area contributed by atoms with Crippen molar-refractivity contribution in [2.24, 2.45) is 5.41 Å². The molecule has 1 aliphatic carbocycles. The summed E-state index contributed by atoms with van der Waals surface area (Å²) < 4.78 is 5.66. The van der Waals surface area contributed by atoms with Crippen molar-refractivity contribution in [2.45, 2.75) is 71.5 Å². The van der Waals surface area contributed by atoms with Gasteiger partial charge in [-0.3, -0.25) is 4.90 Å². The second-order valence-corrected chi connectivity index (χ2v) is 7.39. The molecule has 0 aromatic carbocycles. The van der Waals surface area contributed by atoms with E-state index >= 15 is 0 Å². The van der Waals surface area contributed by atoms with Crippen LogP contribution in [0.4, 0.5) is 0 Å². The van der Waals surface area contributed by atoms with Crippen LogP contribution in [0.15, 0.2) is 16.7 Å². The summed E-state index contributed by atoms with van der Waals surface area (Å²) in [6.45, 7) is 8.78. The van der Waals surface area contributed by atoms with Gasteiger partial charge in [-0.2, -0.15) is 0 Å². The highest BCUT2D eigenvalue weighted by atomic mass is 16.3. The van der Waals surface area contributed by atoms with Crippen molar-refractivity contribution in [3.63, 3.8) is 0 Å². The molecule has 2 fully saturated rings. The van der Waals surface area contributed by atoms with Gasteiger partial charge in [0.25, 0.3) is 0 Å². The smallest absolute Gasteiger partial charge is 0.122 e. The van der Waals surface area contributed by atoms with Gasteiger partial charge in [-0.05, 0) is 50.3 Å². The Balaban J connectivity index is 1.52. The molecule has 0 bridgehead atoms. The lowest BCUT2D eigenvalue weighted by atomic mass is 9.77. The van der Waals surface area contributed by atoms with Crippen LogP contribution in [-0.2, 0) is 13.1 Å². The highest BCUT2D eigenvalue weighted by Gasteiger charge is 2.36. The van der Waals surface area contributed by atoms with Gasteiger partial charge in [0, 0.05) is 18.2 Å². The standard InChI is InChI=1S/C18H30N2O/c1-15(2)19-13-17-16(5-12-21-17)14-20-10-8-18(9-11-20)6-3-4-7-18/h5,12,15,19H,3-4,6-11,13-14H2,1-2H3. The van der Waals surface area contributed by atoms with Crippen LogP contribution in [0.5, 0.6) is 0 Å². The molecule has 2 aliphatic rings. The van der Waals surface area contributed by atoms with E-state index in [4.69, 9.17) is 4.42 Å². The molecule has 21 heavy (non-hydrogen) atoms. The maximum Gasteiger partial charge on any atom is 0.122 e. The molecule has 1 aliphatic heterocycles. The Labute approximate surface area is 129 Å². The molecule has 1 spiro atoms. The van der Waals surface area contributed by atoms with Crippen LogP contribution in [-0.4, -0.2) is 24.0 Å². The number of rotatable bonds is 5. The molecule has 118 valence electrons. The highest BCUT2D eigenvalue weighted by Crippen LogP contribution is 2.46. The molecule has 0 unspecified atom stereocenters. The van der Waals surface area contributed by atoms with Gasteiger partial charge in [-0.25, -0.2) is 0 Å². The van der Waals surface area contributed by atoms with Crippen LogP contribution in [0.2, 0.25) is 0 Å². The van der Waals surface area contributed by atoms with E-state index in [0.717, 1.165) is 24.3 Å². The van der Waals surface area contributed by atoms with Crippen LogP contribution >= 0.6 is 0 Å². The summed E-state index contributed by atoms with van der Waals surface area (Å²) in [6, 6.07) is 2.65. The molecule has 1 aromatic heterocycles. The van der Waals surface area contributed by atoms with E-state index in [2.05, 4.69) is 30.1 Å². The lowest BCUT2D eigenvalue weighted by Gasteiger charge is -2.39. The minimum absolute atomic E-state index is 0.500. The average Bonchev–Trinajstić information content (AvgIpc) is 3.09. The lowest BCUT2D eigenvalue weighted by molar-refractivity contribution is 0.103. The van der Waals surface area contributed by atoms with Crippen LogP contribution in [0.3, 0.4) is 0 Å². The van der Waals surface area contributed by atoms with Crippen molar-refractivity contribution in [1.29, 1.82) is 0 Å². The molecule has 1 N–H and O–H groups in total. The van der Waals surface area contributed by atoms with Crippen molar-refractivity contribution in [3.05, 3.63) is 23.7 Å². The van der Waals surface area contributed by atoms with Crippen LogP contribution in [0.25, 0.3) is 0 Å². The summed E-state index contributed by atoms with van der Waals surface area (Å²) in [4.78, 5) is 2.62. The van der Waals surface area contributed by atoms with E-state index in [1.165, 1.54) is 57.2 Å². The second-order valence-electron chi connectivity index (χ2n) is 7.39. The Kier molecular flexibility index (Phi) is 4.70. The van der Waals surface area contributed by atoms with E-state index in [1.54, 1.807) is 0 Å². The molecule has 0 radical (unpaired) electrons. The van der Waals surface area contributed by atoms with E-state index in [0.29, 0.717) is 6.04 Å². The SMILES string of the molecule is CC(C)NCc1occc1CN1CCC2(CCCC2)CC1. The molecule has 3 heteroatoms. The normalized spacial score (nSPS) is 22.4. The number of nitrogens with one attached hydrogen (secondary N) is 1. The van der Waals surface area contributed by atoms with Gasteiger partial charge < -0.3 is 9.73 Å². The first-order valence-corrected chi connectivity index (χ1v) is 8.68. The Morgan fingerprint density at radius 3 is 2.57 bits per heavy atom. The fraction of sp³-hybridized carbons (Fsp3) is 0.778. The largest absolute Gasteiger partial charge is 0.468 e. The summed E-state index contributed by atoms with van der Waals surface area (Å²) in [5.74, 6) is 1.12. The van der Waals surface area contributed by atoms with E-state index in [-0.39, 0.29) is 0 Å². The first kappa shape index (κ1) is 15.1. The Bertz CT molecular complexity index is 436. The first-order chi connectivity index (χ1) is 10.2. The number of nitrogens with zero attached hydrogens (tertiary/aromatic N) is 1. The molecule has 2 heterocycles. The Hall–Kier alpha value is -0.800. The highest BCUT2D eigenvalue weighted by molar-refractivity contribution is 5.17. The molecule has 3 nitrogen and oxygen atoms in total. The zero-order valence-corrected chi connectivity index (χ0v) is 13.7. The molecular weight excluding hydrogens is 260 g/mol. The van der Waals surface area contributed by atoms with E-state index in [1.807, 2.05) is 6.26 Å². The fourth-order valence-corrected chi connectivity index (χ4v) is 4.01. The Morgan fingerprint density at radius 1 is 1.19 bits per heavy atom. The summed E-state index contributed by atoms with van der Waals surface area (Å²) in [6.07, 6.45) is 10.6. The van der Waals surface area contributed by atoms with Gasteiger partial charge in [-0.15, -0.1) is 0 Å². The number of hydrogen-bond acceptors (Lipinski definition) is 3. The van der Waals surface area contributed by atoms with Crippen molar-refractivity contribution in [1.82, 2.24) is 10.2 Å². The van der Waals surface area contributed by atoms with Crippen LogP contribution in [0, 0.1) is 5.41 Å². The monoisotopic (exact) mass is 290 g/mol. The van der Waals surface area contributed by atoms with Crippen molar-refractivity contribution >= 4 is 0 Å². The van der Waals surface area contributed by atoms with Gasteiger partial charge in [-0.1, -0.05) is 26.7 Å². The third-order valence-electron chi connectivity index (χ3n) is 5.48. The predicted octanol–water partition coefficient (Wildman–Crippen LogP) is 3.93. The summed E-state index contributed by atoms with van der Waals surface area (Å²) in [5.41, 5.74) is 2.08. The van der Waals surface area contributed by atoms with E-state index < -0.39 is 0 Å². The van der Waals surface area contributed by atoms with Crippen LogP contribution in [0.1, 0.15) is 63.7 Å². The lowest BCUT2D eigenvalue weighted by Crippen LogP contribution is -2.38. The van der Waals surface area contributed by atoms with Gasteiger partial charge in [0.1, 0.15) is 5.76 Å². The topological polar surface area (TPSA) is 28.4 Å². The fourth-order valence-electron chi connectivity index (χ4n) is 4.01. The predicted molar refractivity (Wildman–Crippen MR) is 86.1 cm³/mol. The maximum absolute atomic E-state index is 5.66. The maximum atomic E-state index is 5.66. The van der Waals surface area contributed by atoms with Gasteiger partial charge in [0.05, 0.1) is 12.8 Å². The zero-order chi connectivity index (χ0) is 14.7. The third-order valence-corrected chi connectivity index (χ3v) is 5.48. The molecule has 0 amide bonds. The number of furan rings is 1. The summed E-state index contributed by atoms with van der Waals surface area (Å²) >= 11 is 0. The second kappa shape index (κ2) is 6.53. The summed E-state index contributed by atoms with van der Waals surface area (Å²) in [7, 11) is 0. The minimum Gasteiger partial charge on any atom is -0.468 e. The number of piperidine rings is 1. The molecule has 3 rings (SSSR count). The summed E-state index contributed by atoms with van der Waals surface area (Å²) in [5, 5.41) is 3.45. The average molecular weight is 290 g/mol. The molecule has 1 saturated carbocycles. The third kappa shape index (κ3) is 3.70. The van der Waals surface area contributed by atoms with Gasteiger partial charge in [0.2, 0.25) is 0 Å². The number of hydrogen-bond donors (Lipinski definition) is 1. The zero-order valence-electron chi connectivity index (χ0n) is 13.7. The molecule has 0 atom stereocenters. The van der Waals surface area contributed by atoms with Crippen molar-refractivity contribution in [2.75, 3.05) is 13.1 Å². The number of likely N-dealkylation sites (tertiary alicyclic amines) is 1.